The van der Waals surface area contributed by atoms with E-state index in [1.165, 1.54) is 4.90 Å². The van der Waals surface area contributed by atoms with E-state index in [2.05, 4.69) is 5.32 Å². The van der Waals surface area contributed by atoms with E-state index in [-0.39, 0.29) is 12.6 Å². The second kappa shape index (κ2) is 7.63. The maximum Gasteiger partial charge on any atom is 0.325 e. The van der Waals surface area contributed by atoms with Crippen LogP contribution in [0.4, 0.5) is 10.5 Å². The van der Waals surface area contributed by atoms with Crippen LogP contribution >= 0.6 is 11.6 Å². The van der Waals surface area contributed by atoms with Crippen LogP contribution in [0.2, 0.25) is 5.02 Å². The quantitative estimate of drug-likeness (QED) is 0.846. The Labute approximate surface area is 117 Å². The molecule has 104 valence electrons. The van der Waals surface area contributed by atoms with Gasteiger partial charge in [-0.2, -0.15) is 0 Å². The number of carbonyl (C=O) groups is 2. The summed E-state index contributed by atoms with van der Waals surface area (Å²) in [6.45, 7) is 4.14. The highest BCUT2D eigenvalue weighted by Gasteiger charge is 2.16. The minimum absolute atomic E-state index is 0.0727. The van der Waals surface area contributed by atoms with E-state index in [1.807, 2.05) is 0 Å². The van der Waals surface area contributed by atoms with Crippen molar-refractivity contribution in [3.05, 3.63) is 29.3 Å². The number of esters is 1. The first-order valence-corrected chi connectivity index (χ1v) is 6.41. The molecule has 0 spiro atoms. The highest BCUT2D eigenvalue weighted by atomic mass is 35.5. The van der Waals surface area contributed by atoms with Gasteiger partial charge in [-0.05, 0) is 32.0 Å². The maximum atomic E-state index is 12.0. The van der Waals surface area contributed by atoms with Crippen molar-refractivity contribution in [2.24, 2.45) is 0 Å². The third-order valence-corrected chi connectivity index (χ3v) is 2.61. The smallest absolute Gasteiger partial charge is 0.325 e. The van der Waals surface area contributed by atoms with Gasteiger partial charge in [-0.3, -0.25) is 4.79 Å². The molecule has 1 rings (SSSR count). The molecule has 0 unspecified atom stereocenters. The molecule has 0 saturated heterocycles. The summed E-state index contributed by atoms with van der Waals surface area (Å²) in [5.74, 6) is -0.425. The molecule has 0 aliphatic heterocycles. The first-order valence-electron chi connectivity index (χ1n) is 6.04. The third-order valence-electron chi connectivity index (χ3n) is 2.37. The fourth-order valence-electron chi connectivity index (χ4n) is 1.46. The SMILES string of the molecule is CCOC(=O)CN(CC)C(=O)Nc1cccc(Cl)c1. The number of urea groups is 1. The Balaban J connectivity index is 2.61. The van der Waals surface area contributed by atoms with E-state index < -0.39 is 5.97 Å². The Bertz CT molecular complexity index is 451. The van der Waals surface area contributed by atoms with E-state index in [9.17, 15) is 9.59 Å². The van der Waals surface area contributed by atoms with Gasteiger partial charge in [-0.15, -0.1) is 0 Å². The number of benzene rings is 1. The van der Waals surface area contributed by atoms with Gasteiger partial charge in [0, 0.05) is 17.3 Å². The third kappa shape index (κ3) is 5.18. The van der Waals surface area contributed by atoms with Gasteiger partial charge in [0.2, 0.25) is 0 Å². The summed E-state index contributed by atoms with van der Waals surface area (Å²) in [7, 11) is 0. The number of hydrogen-bond donors (Lipinski definition) is 1. The summed E-state index contributed by atoms with van der Waals surface area (Å²) >= 11 is 5.83. The molecule has 0 fully saturated rings. The van der Waals surface area contributed by atoms with E-state index in [1.54, 1.807) is 38.1 Å². The summed E-state index contributed by atoms with van der Waals surface area (Å²) in [5, 5.41) is 3.21. The average molecular weight is 285 g/mol. The lowest BCUT2D eigenvalue weighted by atomic mass is 10.3. The van der Waals surface area contributed by atoms with Crippen molar-refractivity contribution in [1.29, 1.82) is 0 Å². The minimum atomic E-state index is -0.425. The van der Waals surface area contributed by atoms with Gasteiger partial charge in [-0.1, -0.05) is 17.7 Å². The lowest BCUT2D eigenvalue weighted by Gasteiger charge is -2.20. The lowest BCUT2D eigenvalue weighted by Crippen LogP contribution is -2.39. The fraction of sp³-hybridized carbons (Fsp3) is 0.385. The molecule has 19 heavy (non-hydrogen) atoms. The molecule has 6 heteroatoms. The van der Waals surface area contributed by atoms with Crippen LogP contribution in [-0.2, 0) is 9.53 Å². The monoisotopic (exact) mass is 284 g/mol. The van der Waals surface area contributed by atoms with Gasteiger partial charge in [0.1, 0.15) is 6.54 Å². The molecule has 2 amide bonds. The fourth-order valence-corrected chi connectivity index (χ4v) is 1.65. The Morgan fingerprint density at radius 3 is 2.68 bits per heavy atom. The molecular weight excluding hydrogens is 268 g/mol. The Hall–Kier alpha value is -1.75. The van der Waals surface area contributed by atoms with Crippen molar-refractivity contribution < 1.29 is 14.3 Å². The van der Waals surface area contributed by atoms with Crippen LogP contribution in [0.1, 0.15) is 13.8 Å². The van der Waals surface area contributed by atoms with Crippen molar-refractivity contribution in [2.45, 2.75) is 13.8 Å². The zero-order chi connectivity index (χ0) is 14.3. The van der Waals surface area contributed by atoms with Crippen LogP contribution in [0.3, 0.4) is 0 Å². The maximum absolute atomic E-state index is 12.0. The molecule has 0 saturated carbocycles. The number of anilines is 1. The number of amides is 2. The number of nitrogens with zero attached hydrogens (tertiary/aromatic N) is 1. The average Bonchev–Trinajstić information content (AvgIpc) is 2.36. The van der Waals surface area contributed by atoms with E-state index >= 15 is 0 Å². The first kappa shape index (κ1) is 15.3. The van der Waals surface area contributed by atoms with Crippen molar-refractivity contribution in [3.8, 4) is 0 Å². The van der Waals surface area contributed by atoms with E-state index in [0.717, 1.165) is 0 Å². The number of ether oxygens (including phenoxy) is 1. The zero-order valence-corrected chi connectivity index (χ0v) is 11.7. The van der Waals surface area contributed by atoms with E-state index in [0.29, 0.717) is 23.9 Å². The van der Waals surface area contributed by atoms with E-state index in [4.69, 9.17) is 16.3 Å². The van der Waals surface area contributed by atoms with Gasteiger partial charge in [0.15, 0.2) is 0 Å². The lowest BCUT2D eigenvalue weighted by molar-refractivity contribution is -0.143. The molecular formula is C13H17ClN2O3. The van der Waals surface area contributed by atoms with Crippen LogP contribution in [0.25, 0.3) is 0 Å². The zero-order valence-electron chi connectivity index (χ0n) is 11.0. The molecule has 1 aromatic rings. The molecule has 1 aromatic carbocycles. The summed E-state index contributed by atoms with van der Waals surface area (Å²) in [6.07, 6.45) is 0. The van der Waals surface area contributed by atoms with Crippen molar-refractivity contribution in [2.75, 3.05) is 25.0 Å². The first-order chi connectivity index (χ1) is 9.06. The van der Waals surface area contributed by atoms with Gasteiger partial charge >= 0.3 is 12.0 Å². The molecule has 0 atom stereocenters. The van der Waals surface area contributed by atoms with Crippen molar-refractivity contribution in [3.63, 3.8) is 0 Å². The van der Waals surface area contributed by atoms with Crippen LogP contribution in [-0.4, -0.2) is 36.6 Å². The summed E-state index contributed by atoms with van der Waals surface area (Å²) in [6, 6.07) is 6.45. The van der Waals surface area contributed by atoms with Gasteiger partial charge in [0.05, 0.1) is 6.61 Å². The molecule has 0 radical (unpaired) electrons. The molecule has 5 nitrogen and oxygen atoms in total. The van der Waals surface area contributed by atoms with Crippen LogP contribution in [0.5, 0.6) is 0 Å². The van der Waals surface area contributed by atoms with Gasteiger partial charge < -0.3 is 15.0 Å². The number of halogens is 1. The van der Waals surface area contributed by atoms with Crippen LogP contribution < -0.4 is 5.32 Å². The van der Waals surface area contributed by atoms with Crippen molar-refractivity contribution >= 4 is 29.3 Å². The van der Waals surface area contributed by atoms with Gasteiger partial charge in [0.25, 0.3) is 0 Å². The minimum Gasteiger partial charge on any atom is -0.465 e. The predicted octanol–water partition coefficient (Wildman–Crippen LogP) is 2.76. The standard InChI is InChI=1S/C13H17ClN2O3/c1-3-16(9-12(17)19-4-2)13(18)15-11-7-5-6-10(14)8-11/h5-8H,3-4,9H2,1-2H3,(H,15,18). The number of hydrogen-bond acceptors (Lipinski definition) is 3. The normalized spacial score (nSPS) is 9.84. The highest BCUT2D eigenvalue weighted by Crippen LogP contribution is 2.15. The molecule has 0 bridgehead atoms. The largest absolute Gasteiger partial charge is 0.465 e. The molecule has 1 N–H and O–H groups in total. The topological polar surface area (TPSA) is 58.6 Å². The summed E-state index contributed by atoms with van der Waals surface area (Å²) in [4.78, 5) is 24.7. The number of nitrogens with one attached hydrogen (secondary N) is 1. The number of rotatable bonds is 5. The molecule has 0 aliphatic carbocycles. The van der Waals surface area contributed by atoms with Crippen LogP contribution in [0, 0.1) is 0 Å². The Kier molecular flexibility index (Phi) is 6.15. The Morgan fingerprint density at radius 1 is 1.37 bits per heavy atom. The number of carbonyl (C=O) groups excluding carboxylic acids is 2. The number of likely N-dealkylation sites (N-methyl/N-ethyl adjacent to an activating group) is 1. The molecule has 0 aromatic heterocycles. The highest BCUT2D eigenvalue weighted by molar-refractivity contribution is 6.30. The predicted molar refractivity (Wildman–Crippen MR) is 74.4 cm³/mol. The molecule has 0 heterocycles. The van der Waals surface area contributed by atoms with Crippen molar-refractivity contribution in [1.82, 2.24) is 4.90 Å². The second-order valence-corrected chi connectivity index (χ2v) is 4.20. The summed E-state index contributed by atoms with van der Waals surface area (Å²) < 4.78 is 4.81. The Morgan fingerprint density at radius 2 is 2.11 bits per heavy atom. The summed E-state index contributed by atoms with van der Waals surface area (Å²) in [5.41, 5.74) is 0.583. The molecule has 0 aliphatic rings. The second-order valence-electron chi connectivity index (χ2n) is 3.76. The van der Waals surface area contributed by atoms with Crippen LogP contribution in [0.15, 0.2) is 24.3 Å². The van der Waals surface area contributed by atoms with Gasteiger partial charge in [-0.25, -0.2) is 4.79 Å².